The lowest BCUT2D eigenvalue weighted by molar-refractivity contribution is -0.143. The third-order valence-electron chi connectivity index (χ3n) is 1.99. The number of ether oxygens (including phenoxy) is 1. The highest BCUT2D eigenvalue weighted by atomic mass is 79.9. The molecule has 0 rings (SSSR count). The number of carbonyl (C=O) groups excluding carboxylic acids is 1. The topological polar surface area (TPSA) is 26.3 Å². The van der Waals surface area contributed by atoms with Gasteiger partial charge in [0.1, 0.15) is 0 Å². The van der Waals surface area contributed by atoms with E-state index < -0.39 is 0 Å². The van der Waals surface area contributed by atoms with Gasteiger partial charge in [0.15, 0.2) is 0 Å². The molecule has 0 saturated heterocycles. The van der Waals surface area contributed by atoms with Crippen LogP contribution >= 0.6 is 15.9 Å². The number of rotatable bonds is 8. The van der Waals surface area contributed by atoms with Crippen LogP contribution in [0.5, 0.6) is 0 Å². The van der Waals surface area contributed by atoms with Crippen LogP contribution in [0.25, 0.3) is 0 Å². The predicted molar refractivity (Wildman–Crippen MR) is 62.7 cm³/mol. The molecular formula is C11H21BrO2. The zero-order valence-electron chi connectivity index (χ0n) is 9.22. The fourth-order valence-electron chi connectivity index (χ4n) is 1.17. The number of carbonyl (C=O) groups is 1. The van der Waals surface area contributed by atoms with E-state index in [4.69, 9.17) is 4.74 Å². The van der Waals surface area contributed by atoms with E-state index in [9.17, 15) is 4.79 Å². The van der Waals surface area contributed by atoms with E-state index in [1.807, 2.05) is 0 Å². The van der Waals surface area contributed by atoms with Crippen molar-refractivity contribution in [2.75, 3.05) is 11.9 Å². The molecule has 0 aliphatic rings. The Hall–Kier alpha value is -0.0500. The summed E-state index contributed by atoms with van der Waals surface area (Å²) in [6.45, 7) is 5.05. The Bertz CT molecular complexity index is 146. The SMILES string of the molecule is CC(C)CCCCCOC(=O)CCBr. The van der Waals surface area contributed by atoms with Crippen LogP contribution in [-0.4, -0.2) is 17.9 Å². The van der Waals surface area contributed by atoms with Gasteiger partial charge in [-0.3, -0.25) is 4.79 Å². The molecule has 0 atom stereocenters. The van der Waals surface area contributed by atoms with Crippen LogP contribution in [0.15, 0.2) is 0 Å². The van der Waals surface area contributed by atoms with Crippen molar-refractivity contribution >= 4 is 21.9 Å². The lowest BCUT2D eigenvalue weighted by atomic mass is 10.1. The van der Waals surface area contributed by atoms with Crippen LogP contribution in [0.3, 0.4) is 0 Å². The third kappa shape index (κ3) is 10.0. The zero-order valence-corrected chi connectivity index (χ0v) is 10.8. The van der Waals surface area contributed by atoms with E-state index >= 15 is 0 Å². The summed E-state index contributed by atoms with van der Waals surface area (Å²) < 4.78 is 5.02. The summed E-state index contributed by atoms with van der Waals surface area (Å²) in [5.41, 5.74) is 0. The summed E-state index contributed by atoms with van der Waals surface area (Å²) in [6, 6.07) is 0. The predicted octanol–water partition coefficient (Wildman–Crippen LogP) is 3.53. The molecule has 0 saturated carbocycles. The second-order valence-corrected chi connectivity index (χ2v) is 4.70. The van der Waals surface area contributed by atoms with Crippen molar-refractivity contribution in [3.63, 3.8) is 0 Å². The molecule has 0 aromatic rings. The van der Waals surface area contributed by atoms with E-state index in [1.54, 1.807) is 0 Å². The molecule has 2 nitrogen and oxygen atoms in total. The molecular weight excluding hydrogens is 244 g/mol. The maximum Gasteiger partial charge on any atom is 0.306 e. The molecule has 0 aromatic heterocycles. The first-order chi connectivity index (χ1) is 6.66. The van der Waals surface area contributed by atoms with Gasteiger partial charge in [0.2, 0.25) is 0 Å². The fourth-order valence-corrected chi connectivity index (χ4v) is 1.49. The van der Waals surface area contributed by atoms with Crippen LogP contribution < -0.4 is 0 Å². The van der Waals surface area contributed by atoms with Gasteiger partial charge < -0.3 is 4.74 Å². The van der Waals surface area contributed by atoms with Crippen molar-refractivity contribution in [2.24, 2.45) is 5.92 Å². The number of hydrogen-bond donors (Lipinski definition) is 0. The molecule has 3 heteroatoms. The standard InChI is InChI=1S/C11H21BrO2/c1-10(2)6-4-3-5-9-14-11(13)7-8-12/h10H,3-9H2,1-2H3. The van der Waals surface area contributed by atoms with Gasteiger partial charge in [-0.25, -0.2) is 0 Å². The second kappa shape index (κ2) is 9.50. The Balaban J connectivity index is 3.09. The van der Waals surface area contributed by atoms with Crippen LogP contribution in [0.1, 0.15) is 46.0 Å². The van der Waals surface area contributed by atoms with Gasteiger partial charge in [0.05, 0.1) is 13.0 Å². The van der Waals surface area contributed by atoms with Crippen molar-refractivity contribution in [3.8, 4) is 0 Å². The van der Waals surface area contributed by atoms with Crippen molar-refractivity contribution in [2.45, 2.75) is 46.0 Å². The fraction of sp³-hybridized carbons (Fsp3) is 0.909. The van der Waals surface area contributed by atoms with Gasteiger partial charge in [-0.1, -0.05) is 49.0 Å². The molecule has 84 valence electrons. The molecule has 14 heavy (non-hydrogen) atoms. The van der Waals surface area contributed by atoms with Crippen LogP contribution in [0, 0.1) is 5.92 Å². The molecule has 0 radical (unpaired) electrons. The van der Waals surface area contributed by atoms with E-state index in [1.165, 1.54) is 19.3 Å². The van der Waals surface area contributed by atoms with Gasteiger partial charge in [-0.2, -0.15) is 0 Å². The first-order valence-corrected chi connectivity index (χ1v) is 6.50. The lowest BCUT2D eigenvalue weighted by Crippen LogP contribution is -2.06. The number of unbranched alkanes of at least 4 members (excludes halogenated alkanes) is 2. The number of halogens is 1. The van der Waals surface area contributed by atoms with Gasteiger partial charge in [-0.05, 0) is 12.3 Å². The molecule has 0 amide bonds. The first kappa shape index (κ1) is 13.9. The van der Waals surface area contributed by atoms with E-state index in [2.05, 4.69) is 29.8 Å². The molecule has 0 spiro atoms. The maximum absolute atomic E-state index is 10.9. The van der Waals surface area contributed by atoms with Gasteiger partial charge in [0.25, 0.3) is 0 Å². The van der Waals surface area contributed by atoms with Crippen LogP contribution in [0.2, 0.25) is 0 Å². The Kier molecular flexibility index (Phi) is 9.47. The minimum Gasteiger partial charge on any atom is -0.466 e. The van der Waals surface area contributed by atoms with Crippen molar-refractivity contribution < 1.29 is 9.53 Å². The normalized spacial score (nSPS) is 10.6. The summed E-state index contributed by atoms with van der Waals surface area (Å²) in [5.74, 6) is 0.691. The molecule has 0 aromatic carbocycles. The molecule has 0 heterocycles. The van der Waals surface area contributed by atoms with Gasteiger partial charge in [0, 0.05) is 5.33 Å². The number of hydrogen-bond acceptors (Lipinski definition) is 2. The molecule has 0 aliphatic carbocycles. The average molecular weight is 265 g/mol. The monoisotopic (exact) mass is 264 g/mol. The Morgan fingerprint density at radius 2 is 2.00 bits per heavy atom. The highest BCUT2D eigenvalue weighted by Gasteiger charge is 2.00. The molecule has 0 fully saturated rings. The van der Waals surface area contributed by atoms with Crippen molar-refractivity contribution in [3.05, 3.63) is 0 Å². The largest absolute Gasteiger partial charge is 0.466 e. The van der Waals surface area contributed by atoms with Gasteiger partial charge in [-0.15, -0.1) is 0 Å². The van der Waals surface area contributed by atoms with E-state index in [0.717, 1.165) is 12.3 Å². The van der Waals surface area contributed by atoms with Crippen molar-refractivity contribution in [1.82, 2.24) is 0 Å². The second-order valence-electron chi connectivity index (χ2n) is 3.90. The molecule has 0 N–H and O–H groups in total. The number of esters is 1. The van der Waals surface area contributed by atoms with Crippen LogP contribution in [0.4, 0.5) is 0 Å². The Morgan fingerprint density at radius 1 is 1.29 bits per heavy atom. The minimum atomic E-state index is -0.0919. The molecule has 0 unspecified atom stereocenters. The quantitative estimate of drug-likeness (QED) is 0.381. The number of alkyl halides is 1. The zero-order chi connectivity index (χ0) is 10.8. The third-order valence-corrected chi connectivity index (χ3v) is 2.38. The summed E-state index contributed by atoms with van der Waals surface area (Å²) in [6.07, 6.45) is 5.16. The minimum absolute atomic E-state index is 0.0919. The smallest absolute Gasteiger partial charge is 0.306 e. The lowest BCUT2D eigenvalue weighted by Gasteiger charge is -2.05. The summed E-state index contributed by atoms with van der Waals surface area (Å²) in [4.78, 5) is 10.9. The Labute approximate surface area is 95.5 Å². The van der Waals surface area contributed by atoms with Crippen molar-refractivity contribution in [1.29, 1.82) is 0 Å². The van der Waals surface area contributed by atoms with Gasteiger partial charge >= 0.3 is 5.97 Å². The summed E-state index contributed by atoms with van der Waals surface area (Å²) in [7, 11) is 0. The van der Waals surface area contributed by atoms with E-state index in [0.29, 0.717) is 18.4 Å². The van der Waals surface area contributed by atoms with Crippen LogP contribution in [-0.2, 0) is 9.53 Å². The maximum atomic E-state index is 10.9. The highest BCUT2D eigenvalue weighted by Crippen LogP contribution is 2.08. The summed E-state index contributed by atoms with van der Waals surface area (Å²) in [5, 5.41) is 0.694. The van der Waals surface area contributed by atoms with E-state index in [-0.39, 0.29) is 5.97 Å². The first-order valence-electron chi connectivity index (χ1n) is 5.38. The Morgan fingerprint density at radius 3 is 2.57 bits per heavy atom. The average Bonchev–Trinajstić information content (AvgIpc) is 2.11. The molecule has 0 bridgehead atoms. The molecule has 0 aliphatic heterocycles. The highest BCUT2D eigenvalue weighted by molar-refractivity contribution is 9.09. The summed E-state index contributed by atoms with van der Waals surface area (Å²) >= 11 is 3.20.